The summed E-state index contributed by atoms with van der Waals surface area (Å²) in [7, 11) is 1.55. The molecule has 2 rings (SSSR count). The monoisotopic (exact) mass is 402 g/mol. The molecule has 2 aromatic rings. The van der Waals surface area contributed by atoms with Crippen LogP contribution in [0.25, 0.3) is 0 Å². The van der Waals surface area contributed by atoms with Crippen molar-refractivity contribution in [1.29, 1.82) is 0 Å². The third kappa shape index (κ3) is 6.78. The number of nitro groups is 1. The Morgan fingerprint density at radius 1 is 1.21 bits per heavy atom. The zero-order valence-electron chi connectivity index (χ0n) is 15.8. The van der Waals surface area contributed by atoms with Crippen molar-refractivity contribution in [3.05, 3.63) is 58.6 Å². The van der Waals surface area contributed by atoms with E-state index in [2.05, 4.69) is 10.6 Å². The van der Waals surface area contributed by atoms with E-state index in [0.717, 1.165) is 5.69 Å². The largest absolute Gasteiger partial charge is 0.544 e. The highest BCUT2D eigenvalue weighted by molar-refractivity contribution is 5.93. The fourth-order valence-corrected chi connectivity index (χ4v) is 2.65. The van der Waals surface area contributed by atoms with Crippen molar-refractivity contribution in [2.45, 2.75) is 12.5 Å². The van der Waals surface area contributed by atoms with Crippen LogP contribution in [0.2, 0.25) is 0 Å². The molecule has 0 heterocycles. The first-order valence-corrected chi connectivity index (χ1v) is 8.86. The molecule has 0 spiro atoms. The van der Waals surface area contributed by atoms with Crippen LogP contribution in [0.3, 0.4) is 0 Å². The van der Waals surface area contributed by atoms with E-state index in [1.54, 1.807) is 13.2 Å². The number of methoxy groups -OCH3 is 1. The van der Waals surface area contributed by atoms with E-state index in [1.165, 1.54) is 29.6 Å². The van der Waals surface area contributed by atoms with Crippen LogP contribution in [0.4, 0.5) is 17.1 Å². The molecule has 10 nitrogen and oxygen atoms in total. The number of nitrogens with two attached hydrogens (primary N) is 1. The second kappa shape index (κ2) is 10.6. The topological polar surface area (TPSA) is 150 Å². The van der Waals surface area contributed by atoms with Crippen LogP contribution >= 0.6 is 0 Å². The molecule has 0 aliphatic rings. The van der Waals surface area contributed by atoms with Crippen LogP contribution in [0.5, 0.6) is 5.75 Å². The van der Waals surface area contributed by atoms with Crippen LogP contribution in [-0.4, -0.2) is 43.0 Å². The van der Waals surface area contributed by atoms with Gasteiger partial charge in [0.15, 0.2) is 0 Å². The number of carbonyl (C=O) groups excluding carboxylic acids is 2. The van der Waals surface area contributed by atoms with Gasteiger partial charge in [0.2, 0.25) is 5.91 Å². The summed E-state index contributed by atoms with van der Waals surface area (Å²) >= 11 is 0. The Morgan fingerprint density at radius 2 is 1.97 bits per heavy atom. The van der Waals surface area contributed by atoms with E-state index in [0.29, 0.717) is 18.8 Å². The number of amides is 1. The Kier molecular flexibility index (Phi) is 7.92. The van der Waals surface area contributed by atoms with Gasteiger partial charge in [-0.2, -0.15) is 0 Å². The Hall–Kier alpha value is -3.66. The number of nitrogens with one attached hydrogen (secondary N) is 2. The van der Waals surface area contributed by atoms with Gasteiger partial charge >= 0.3 is 0 Å². The fraction of sp³-hybridized carbons (Fsp3) is 0.263. The zero-order valence-corrected chi connectivity index (χ0v) is 15.8. The van der Waals surface area contributed by atoms with Crippen LogP contribution in [0.1, 0.15) is 6.42 Å². The number of nitro benzene ring substituents is 1. The number of carboxylic acid groups (broad SMARTS) is 1. The van der Waals surface area contributed by atoms with Crippen molar-refractivity contribution in [2.75, 3.05) is 30.8 Å². The maximum atomic E-state index is 12.1. The van der Waals surface area contributed by atoms with Crippen molar-refractivity contribution >= 4 is 28.9 Å². The van der Waals surface area contributed by atoms with Gasteiger partial charge in [-0.3, -0.25) is 14.9 Å². The molecular formula is C19H22N4O6. The highest BCUT2D eigenvalue weighted by Gasteiger charge is 2.19. The fourth-order valence-electron chi connectivity index (χ4n) is 2.65. The first-order chi connectivity index (χ1) is 13.9. The quantitative estimate of drug-likeness (QED) is 0.266. The number of non-ortho nitro benzene ring substituents is 1. The summed E-state index contributed by atoms with van der Waals surface area (Å²) < 4.78 is 5.22. The molecule has 0 aromatic heterocycles. The van der Waals surface area contributed by atoms with Crippen molar-refractivity contribution in [1.82, 2.24) is 0 Å². The van der Waals surface area contributed by atoms with E-state index in [4.69, 9.17) is 4.74 Å². The highest BCUT2D eigenvalue weighted by atomic mass is 16.6. The third-order valence-electron chi connectivity index (χ3n) is 4.07. The van der Waals surface area contributed by atoms with Gasteiger partial charge in [-0.25, -0.2) is 0 Å². The number of nitrogens with zero attached hydrogens (tertiary/aromatic N) is 1. The first-order valence-electron chi connectivity index (χ1n) is 8.86. The summed E-state index contributed by atoms with van der Waals surface area (Å²) in [5, 5.41) is 29.2. The van der Waals surface area contributed by atoms with Gasteiger partial charge in [0.05, 0.1) is 43.2 Å². The molecule has 1 amide bonds. The van der Waals surface area contributed by atoms with Crippen molar-refractivity contribution in [3.8, 4) is 5.75 Å². The number of para-hydroxylation sites is 2. The van der Waals surface area contributed by atoms with Gasteiger partial charge < -0.3 is 30.6 Å². The van der Waals surface area contributed by atoms with Crippen LogP contribution in [-0.2, 0) is 9.59 Å². The molecule has 0 bridgehead atoms. The van der Waals surface area contributed by atoms with Crippen LogP contribution in [0.15, 0.2) is 48.5 Å². The summed E-state index contributed by atoms with van der Waals surface area (Å²) in [4.78, 5) is 33.7. The minimum atomic E-state index is -1.36. The molecule has 29 heavy (non-hydrogen) atoms. The minimum Gasteiger partial charge on any atom is -0.544 e. The van der Waals surface area contributed by atoms with E-state index < -0.39 is 22.8 Å². The van der Waals surface area contributed by atoms with Crippen molar-refractivity contribution < 1.29 is 29.7 Å². The molecule has 0 saturated heterocycles. The van der Waals surface area contributed by atoms with E-state index in [-0.39, 0.29) is 17.8 Å². The van der Waals surface area contributed by atoms with Crippen molar-refractivity contribution in [3.63, 3.8) is 0 Å². The SMILES string of the molecule is COc1ccccc1NCC[NH2+][C@H](CC(=O)Nc1cccc([N+](=O)[O-])c1)C(=O)[O-]. The second-order valence-corrected chi connectivity index (χ2v) is 6.14. The molecule has 0 aliphatic heterocycles. The van der Waals surface area contributed by atoms with Gasteiger partial charge in [-0.05, 0) is 18.2 Å². The number of carbonyl (C=O) groups is 2. The average molecular weight is 402 g/mol. The molecule has 2 aromatic carbocycles. The third-order valence-corrected chi connectivity index (χ3v) is 4.07. The smallest absolute Gasteiger partial charge is 0.271 e. The molecule has 0 fully saturated rings. The Bertz CT molecular complexity index is 873. The van der Waals surface area contributed by atoms with Gasteiger partial charge in [-0.15, -0.1) is 0 Å². The number of rotatable bonds is 11. The number of hydrogen-bond acceptors (Lipinski definition) is 7. The standard InChI is InChI=1S/C19H22N4O6/c1-29-17-8-3-2-7-15(17)20-9-10-21-16(19(25)26)12-18(24)22-13-5-4-6-14(11-13)23(27)28/h2-8,11,16,20-21H,9-10,12H2,1H3,(H,22,24)(H,25,26)/t16-/m1/s1. The minimum absolute atomic E-state index is 0.173. The van der Waals surface area contributed by atoms with Gasteiger partial charge in [0, 0.05) is 17.8 Å². The van der Waals surface area contributed by atoms with E-state index >= 15 is 0 Å². The molecular weight excluding hydrogens is 380 g/mol. The van der Waals surface area contributed by atoms with Gasteiger partial charge in [-0.1, -0.05) is 18.2 Å². The average Bonchev–Trinajstić information content (AvgIpc) is 2.70. The number of ether oxygens (including phenoxy) is 1. The van der Waals surface area contributed by atoms with Crippen LogP contribution < -0.4 is 25.8 Å². The summed E-state index contributed by atoms with van der Waals surface area (Å²) in [5.74, 6) is -1.27. The summed E-state index contributed by atoms with van der Waals surface area (Å²) in [6.07, 6.45) is -0.334. The predicted octanol–water partition coefficient (Wildman–Crippen LogP) is -0.274. The summed E-state index contributed by atoms with van der Waals surface area (Å²) in [6, 6.07) is 11.6. The lowest BCUT2D eigenvalue weighted by atomic mass is 10.2. The maximum absolute atomic E-state index is 12.1. The Labute approximate surface area is 167 Å². The number of quaternary nitrogens is 1. The van der Waals surface area contributed by atoms with Crippen LogP contribution in [0, 0.1) is 10.1 Å². The normalized spacial score (nSPS) is 11.3. The molecule has 0 radical (unpaired) electrons. The summed E-state index contributed by atoms with van der Waals surface area (Å²) in [6.45, 7) is 0.817. The number of hydrogen-bond donors (Lipinski definition) is 3. The molecule has 0 saturated carbocycles. The molecule has 10 heteroatoms. The highest BCUT2D eigenvalue weighted by Crippen LogP contribution is 2.22. The lowest BCUT2D eigenvalue weighted by molar-refractivity contribution is -0.680. The maximum Gasteiger partial charge on any atom is 0.271 e. The molecule has 0 unspecified atom stereocenters. The number of benzene rings is 2. The van der Waals surface area contributed by atoms with Crippen molar-refractivity contribution in [2.24, 2.45) is 0 Å². The summed E-state index contributed by atoms with van der Waals surface area (Å²) in [5.41, 5.74) is 0.823. The predicted molar refractivity (Wildman–Crippen MR) is 103 cm³/mol. The number of anilines is 2. The second-order valence-electron chi connectivity index (χ2n) is 6.14. The van der Waals surface area contributed by atoms with E-state index in [9.17, 15) is 24.8 Å². The number of aliphatic carboxylic acids is 1. The zero-order chi connectivity index (χ0) is 21.2. The lowest BCUT2D eigenvalue weighted by Gasteiger charge is -2.17. The molecule has 1 atom stereocenters. The van der Waals surface area contributed by atoms with Gasteiger partial charge in [0.1, 0.15) is 11.8 Å². The number of carboxylic acids is 1. The Balaban J connectivity index is 1.84. The van der Waals surface area contributed by atoms with Gasteiger partial charge in [0.25, 0.3) is 5.69 Å². The molecule has 0 aliphatic carbocycles. The lowest BCUT2D eigenvalue weighted by Crippen LogP contribution is -2.94. The molecule has 154 valence electrons. The van der Waals surface area contributed by atoms with E-state index in [1.807, 2.05) is 18.2 Å². The molecule has 4 N–H and O–H groups in total. The first kappa shape index (κ1) is 21.6. The Morgan fingerprint density at radius 3 is 2.66 bits per heavy atom.